The predicted molar refractivity (Wildman–Crippen MR) is 91.9 cm³/mol. The summed E-state index contributed by atoms with van der Waals surface area (Å²) in [7, 11) is 0. The van der Waals surface area contributed by atoms with Gasteiger partial charge in [0.1, 0.15) is 5.82 Å². The molecule has 5 heteroatoms. The Labute approximate surface area is 137 Å². The highest BCUT2D eigenvalue weighted by Crippen LogP contribution is 2.30. The van der Waals surface area contributed by atoms with Crippen LogP contribution in [0.4, 0.5) is 5.69 Å². The Kier molecular flexibility index (Phi) is 4.17. The average molecular weight is 365 g/mol. The quantitative estimate of drug-likeness (QED) is 0.699. The van der Waals surface area contributed by atoms with Gasteiger partial charge in [-0.05, 0) is 47.1 Å². The smallest absolute Gasteiger partial charge is 0.129 e. The third-order valence-corrected chi connectivity index (χ3v) is 4.84. The summed E-state index contributed by atoms with van der Waals surface area (Å²) >= 11 is 9.61. The molecule has 0 amide bonds. The molecule has 0 saturated heterocycles. The van der Waals surface area contributed by atoms with Crippen molar-refractivity contribution in [2.45, 2.75) is 20.0 Å². The molecule has 21 heavy (non-hydrogen) atoms. The molecule has 0 aliphatic heterocycles. The summed E-state index contributed by atoms with van der Waals surface area (Å²) in [4.78, 5) is 4.70. The van der Waals surface area contributed by atoms with Gasteiger partial charge in [0.15, 0.2) is 0 Å². The summed E-state index contributed by atoms with van der Waals surface area (Å²) < 4.78 is 3.10. The number of nitrogens with zero attached hydrogens (tertiary/aromatic N) is 2. The van der Waals surface area contributed by atoms with Crippen molar-refractivity contribution in [3.05, 3.63) is 57.8 Å². The Morgan fingerprint density at radius 3 is 2.81 bits per heavy atom. The zero-order chi connectivity index (χ0) is 14.8. The third kappa shape index (κ3) is 2.78. The lowest BCUT2D eigenvalue weighted by Crippen LogP contribution is -2.08. The van der Waals surface area contributed by atoms with E-state index in [0.717, 1.165) is 28.0 Å². The number of aromatic nitrogens is 2. The second-order valence-corrected chi connectivity index (χ2v) is 5.92. The maximum absolute atomic E-state index is 6.11. The van der Waals surface area contributed by atoms with Crippen LogP contribution in [0.2, 0.25) is 5.02 Å². The minimum absolute atomic E-state index is 0.654. The van der Waals surface area contributed by atoms with Crippen LogP contribution in [0.15, 0.2) is 46.9 Å². The standard InChI is InChI=1S/C16H15BrClN3/c1-2-21-14-9-4-3-7-12(14)20-15(21)10-19-13-8-5-6-11(18)16(13)17/h3-9,19H,2,10H2,1H3. The molecule has 2 aromatic carbocycles. The Morgan fingerprint density at radius 1 is 1.19 bits per heavy atom. The highest BCUT2D eigenvalue weighted by molar-refractivity contribution is 9.10. The van der Waals surface area contributed by atoms with Crippen molar-refractivity contribution in [1.29, 1.82) is 0 Å². The van der Waals surface area contributed by atoms with Crippen LogP contribution in [0.5, 0.6) is 0 Å². The first kappa shape index (κ1) is 14.4. The fourth-order valence-corrected chi connectivity index (χ4v) is 3.01. The number of benzene rings is 2. The number of imidazole rings is 1. The zero-order valence-corrected chi connectivity index (χ0v) is 13.9. The highest BCUT2D eigenvalue weighted by Gasteiger charge is 2.10. The first-order chi connectivity index (χ1) is 10.2. The van der Waals surface area contributed by atoms with Gasteiger partial charge in [-0.3, -0.25) is 0 Å². The largest absolute Gasteiger partial charge is 0.377 e. The number of hydrogen-bond donors (Lipinski definition) is 1. The monoisotopic (exact) mass is 363 g/mol. The first-order valence-corrected chi connectivity index (χ1v) is 8.00. The van der Waals surface area contributed by atoms with Gasteiger partial charge < -0.3 is 9.88 Å². The van der Waals surface area contributed by atoms with E-state index in [1.165, 1.54) is 5.52 Å². The number of anilines is 1. The average Bonchev–Trinajstić information content (AvgIpc) is 2.86. The Balaban J connectivity index is 1.90. The van der Waals surface area contributed by atoms with E-state index in [0.29, 0.717) is 11.6 Å². The van der Waals surface area contributed by atoms with Gasteiger partial charge in [0.05, 0.1) is 32.8 Å². The van der Waals surface area contributed by atoms with E-state index in [9.17, 15) is 0 Å². The molecule has 1 N–H and O–H groups in total. The van der Waals surface area contributed by atoms with Crippen LogP contribution >= 0.6 is 27.5 Å². The third-order valence-electron chi connectivity index (χ3n) is 3.44. The van der Waals surface area contributed by atoms with E-state index in [-0.39, 0.29) is 0 Å². The maximum Gasteiger partial charge on any atom is 0.129 e. The summed E-state index contributed by atoms with van der Waals surface area (Å²) in [5, 5.41) is 4.09. The van der Waals surface area contributed by atoms with Crippen molar-refractivity contribution < 1.29 is 0 Å². The summed E-state index contributed by atoms with van der Waals surface area (Å²) in [6, 6.07) is 14.0. The molecule has 108 valence electrons. The van der Waals surface area contributed by atoms with Crippen LogP contribution in [0.1, 0.15) is 12.7 Å². The number of hydrogen-bond acceptors (Lipinski definition) is 2. The van der Waals surface area contributed by atoms with Crippen molar-refractivity contribution >= 4 is 44.3 Å². The molecule has 0 atom stereocenters. The van der Waals surface area contributed by atoms with Gasteiger partial charge in [-0.25, -0.2) is 4.98 Å². The molecule has 3 rings (SSSR count). The van der Waals surface area contributed by atoms with Gasteiger partial charge in [0.25, 0.3) is 0 Å². The molecule has 0 aliphatic rings. The van der Waals surface area contributed by atoms with E-state index in [4.69, 9.17) is 16.6 Å². The molecule has 1 heterocycles. The van der Waals surface area contributed by atoms with Crippen molar-refractivity contribution in [1.82, 2.24) is 9.55 Å². The van der Waals surface area contributed by atoms with Gasteiger partial charge in [-0.2, -0.15) is 0 Å². The number of fused-ring (bicyclic) bond motifs is 1. The molecule has 0 spiro atoms. The van der Waals surface area contributed by atoms with Gasteiger partial charge in [0, 0.05) is 6.54 Å². The van der Waals surface area contributed by atoms with Crippen molar-refractivity contribution in [2.75, 3.05) is 5.32 Å². The lowest BCUT2D eigenvalue weighted by atomic mass is 10.3. The number of para-hydroxylation sites is 2. The first-order valence-electron chi connectivity index (χ1n) is 6.82. The predicted octanol–water partition coefficient (Wildman–Crippen LogP) is 5.08. The normalized spacial score (nSPS) is 11.0. The van der Waals surface area contributed by atoms with Gasteiger partial charge in [-0.1, -0.05) is 29.8 Å². The highest BCUT2D eigenvalue weighted by atomic mass is 79.9. The van der Waals surface area contributed by atoms with Gasteiger partial charge in [0.2, 0.25) is 0 Å². The molecule has 0 radical (unpaired) electrons. The molecular weight excluding hydrogens is 350 g/mol. The number of halogens is 2. The maximum atomic E-state index is 6.11. The van der Waals surface area contributed by atoms with Crippen molar-refractivity contribution in [3.63, 3.8) is 0 Å². The topological polar surface area (TPSA) is 29.9 Å². The number of rotatable bonds is 4. The Hall–Kier alpha value is -1.52. The Bertz CT molecular complexity index is 782. The molecule has 1 aromatic heterocycles. The van der Waals surface area contributed by atoms with Crippen LogP contribution < -0.4 is 5.32 Å². The molecule has 0 unspecified atom stereocenters. The lowest BCUT2D eigenvalue weighted by Gasteiger charge is -2.10. The summed E-state index contributed by atoms with van der Waals surface area (Å²) in [5.74, 6) is 1.02. The molecular formula is C16H15BrClN3. The Morgan fingerprint density at radius 2 is 2.00 bits per heavy atom. The van der Waals surface area contributed by atoms with Crippen LogP contribution in [-0.4, -0.2) is 9.55 Å². The SMILES string of the molecule is CCn1c(CNc2cccc(Cl)c2Br)nc2ccccc21. The second-order valence-electron chi connectivity index (χ2n) is 4.72. The van der Waals surface area contributed by atoms with Crippen LogP contribution in [-0.2, 0) is 13.1 Å². The van der Waals surface area contributed by atoms with E-state index in [1.54, 1.807) is 0 Å². The van der Waals surface area contributed by atoms with Crippen LogP contribution in [0.25, 0.3) is 11.0 Å². The summed E-state index contributed by atoms with van der Waals surface area (Å²) in [6.07, 6.45) is 0. The van der Waals surface area contributed by atoms with E-state index >= 15 is 0 Å². The number of aryl methyl sites for hydroxylation is 1. The lowest BCUT2D eigenvalue weighted by molar-refractivity contribution is 0.729. The van der Waals surface area contributed by atoms with Crippen molar-refractivity contribution in [2.24, 2.45) is 0 Å². The minimum Gasteiger partial charge on any atom is -0.377 e. The zero-order valence-electron chi connectivity index (χ0n) is 11.6. The number of nitrogens with one attached hydrogen (secondary N) is 1. The summed E-state index contributed by atoms with van der Waals surface area (Å²) in [6.45, 7) is 3.68. The van der Waals surface area contributed by atoms with Crippen molar-refractivity contribution in [3.8, 4) is 0 Å². The van der Waals surface area contributed by atoms with E-state index < -0.39 is 0 Å². The van der Waals surface area contributed by atoms with Crippen LogP contribution in [0.3, 0.4) is 0 Å². The second kappa shape index (κ2) is 6.08. The van der Waals surface area contributed by atoms with Gasteiger partial charge >= 0.3 is 0 Å². The van der Waals surface area contributed by atoms with E-state index in [1.807, 2.05) is 36.4 Å². The fourth-order valence-electron chi connectivity index (χ4n) is 2.43. The molecule has 3 nitrogen and oxygen atoms in total. The molecule has 0 fully saturated rings. The molecule has 0 aliphatic carbocycles. The van der Waals surface area contributed by atoms with Gasteiger partial charge in [-0.15, -0.1) is 0 Å². The summed E-state index contributed by atoms with van der Waals surface area (Å²) in [5.41, 5.74) is 3.17. The molecule has 0 bridgehead atoms. The van der Waals surface area contributed by atoms with E-state index in [2.05, 4.69) is 38.8 Å². The van der Waals surface area contributed by atoms with Crippen LogP contribution in [0, 0.1) is 0 Å². The molecule has 3 aromatic rings. The fraction of sp³-hybridized carbons (Fsp3) is 0.188. The minimum atomic E-state index is 0.654. The molecule has 0 saturated carbocycles.